The van der Waals surface area contributed by atoms with Crippen LogP contribution in [0.2, 0.25) is 0 Å². The Morgan fingerprint density at radius 2 is 1.95 bits per heavy atom. The SMILES string of the molecule is CCOC(=O)Cn1ccc2c(C=CS(=O)(=O)N3CCC4(CC3)N=C(C3CCCCC3)NC4=O)cccc21. The van der Waals surface area contributed by atoms with Crippen molar-refractivity contribution >= 4 is 44.7 Å². The fourth-order valence-corrected chi connectivity index (χ4v) is 6.86. The number of esters is 1. The standard InChI is InChI=1S/C27H34N4O5S/c1-2-36-24(32)19-30-15-11-22-20(9-6-10-23(22)30)12-18-37(34,35)31-16-13-27(14-17-31)26(33)28-25(29-27)21-7-4-3-5-8-21/h6,9-12,15,18,21H,2-5,7-8,13-14,16-17,19H2,1H3,(H,28,29,33). The van der Waals surface area contributed by atoms with E-state index in [-0.39, 0.29) is 31.5 Å². The number of nitrogens with zero attached hydrogens (tertiary/aromatic N) is 3. The smallest absolute Gasteiger partial charge is 0.325 e. The second kappa shape index (κ2) is 10.4. The zero-order valence-corrected chi connectivity index (χ0v) is 22.0. The van der Waals surface area contributed by atoms with E-state index in [2.05, 4.69) is 5.32 Å². The molecule has 9 nitrogen and oxygen atoms in total. The lowest BCUT2D eigenvalue weighted by Gasteiger charge is -2.34. The van der Waals surface area contributed by atoms with E-state index in [1.807, 2.05) is 24.3 Å². The summed E-state index contributed by atoms with van der Waals surface area (Å²) in [5.41, 5.74) is 0.733. The van der Waals surface area contributed by atoms with Crippen LogP contribution in [0, 0.1) is 5.92 Å². The van der Waals surface area contributed by atoms with Gasteiger partial charge in [0, 0.05) is 41.5 Å². The molecule has 10 heteroatoms. The van der Waals surface area contributed by atoms with Gasteiger partial charge in [-0.2, -0.15) is 4.31 Å². The Hall–Kier alpha value is -2.98. The van der Waals surface area contributed by atoms with Crippen molar-refractivity contribution in [1.29, 1.82) is 0 Å². The summed E-state index contributed by atoms with van der Waals surface area (Å²) >= 11 is 0. The predicted octanol–water partition coefficient (Wildman–Crippen LogP) is 3.45. The summed E-state index contributed by atoms with van der Waals surface area (Å²) in [6.07, 6.45) is 9.83. The molecular formula is C27H34N4O5S. The van der Waals surface area contributed by atoms with Gasteiger partial charge >= 0.3 is 5.97 Å². The minimum atomic E-state index is -3.68. The Morgan fingerprint density at radius 3 is 2.68 bits per heavy atom. The Bertz CT molecular complexity index is 1350. The zero-order valence-electron chi connectivity index (χ0n) is 21.2. The Morgan fingerprint density at radius 1 is 1.19 bits per heavy atom. The maximum Gasteiger partial charge on any atom is 0.325 e. The number of rotatable bonds is 7. The van der Waals surface area contributed by atoms with Crippen LogP contribution < -0.4 is 5.32 Å². The van der Waals surface area contributed by atoms with Gasteiger partial charge in [0.05, 0.1) is 6.61 Å². The lowest BCUT2D eigenvalue weighted by Crippen LogP contribution is -2.50. The van der Waals surface area contributed by atoms with Crippen LogP contribution in [-0.4, -0.2) is 60.2 Å². The fourth-order valence-electron chi connectivity index (χ4n) is 5.68. The lowest BCUT2D eigenvalue weighted by molar-refractivity contribution is -0.143. The molecular weight excluding hydrogens is 492 g/mol. The number of carbonyl (C=O) groups excluding carboxylic acids is 2. The van der Waals surface area contributed by atoms with Crippen LogP contribution in [0.4, 0.5) is 0 Å². The van der Waals surface area contributed by atoms with Crippen LogP contribution in [-0.2, 0) is 30.9 Å². The van der Waals surface area contributed by atoms with Crippen molar-refractivity contribution in [3.63, 3.8) is 0 Å². The molecule has 0 bridgehead atoms. The number of aliphatic imine (C=N–C) groups is 1. The summed E-state index contributed by atoms with van der Waals surface area (Å²) in [6, 6.07) is 7.44. The van der Waals surface area contributed by atoms with Crippen LogP contribution >= 0.6 is 0 Å². The first-order valence-electron chi connectivity index (χ1n) is 13.1. The first-order chi connectivity index (χ1) is 17.8. The number of nitrogens with one attached hydrogen (secondary N) is 1. The first-order valence-corrected chi connectivity index (χ1v) is 14.6. The van der Waals surface area contributed by atoms with E-state index in [0.717, 1.165) is 48.0 Å². The number of amidine groups is 1. The van der Waals surface area contributed by atoms with Crippen LogP contribution in [0.3, 0.4) is 0 Å². The third kappa shape index (κ3) is 5.22. The zero-order chi connectivity index (χ0) is 26.0. The summed E-state index contributed by atoms with van der Waals surface area (Å²) in [5, 5.41) is 5.10. The van der Waals surface area contributed by atoms with Crippen LogP contribution in [0.5, 0.6) is 0 Å². The monoisotopic (exact) mass is 526 g/mol. The fraction of sp³-hybridized carbons (Fsp3) is 0.519. The molecule has 3 aliphatic rings. The number of benzene rings is 1. The molecule has 1 saturated heterocycles. The van der Waals surface area contributed by atoms with E-state index in [1.54, 1.807) is 23.8 Å². The summed E-state index contributed by atoms with van der Waals surface area (Å²) in [7, 11) is -3.68. The van der Waals surface area contributed by atoms with Gasteiger partial charge in [0.1, 0.15) is 17.9 Å². The van der Waals surface area contributed by atoms with Gasteiger partial charge in [-0.25, -0.2) is 8.42 Å². The Kier molecular flexibility index (Phi) is 7.22. The average Bonchev–Trinajstić information content (AvgIpc) is 3.45. The number of aromatic nitrogens is 1. The Labute approximate surface area is 217 Å². The molecule has 1 spiro atoms. The lowest BCUT2D eigenvalue weighted by atomic mass is 9.88. The molecule has 1 saturated carbocycles. The van der Waals surface area contributed by atoms with Crippen molar-refractivity contribution in [3.8, 4) is 0 Å². The van der Waals surface area contributed by atoms with Gasteiger partial charge < -0.3 is 14.6 Å². The summed E-state index contributed by atoms with van der Waals surface area (Å²) in [6.45, 7) is 2.68. The number of hydrogen-bond acceptors (Lipinski definition) is 6. The average molecular weight is 527 g/mol. The normalized spacial score (nSPS) is 21.0. The van der Waals surface area contributed by atoms with Gasteiger partial charge in [-0.05, 0) is 56.4 Å². The molecule has 1 aliphatic carbocycles. The molecule has 1 amide bonds. The molecule has 2 fully saturated rings. The number of amides is 1. The van der Waals surface area contributed by atoms with E-state index in [1.165, 1.54) is 16.1 Å². The van der Waals surface area contributed by atoms with Crippen molar-refractivity contribution in [2.75, 3.05) is 19.7 Å². The topological polar surface area (TPSA) is 110 Å². The molecule has 0 atom stereocenters. The second-order valence-corrected chi connectivity index (χ2v) is 11.9. The molecule has 2 aliphatic heterocycles. The quantitative estimate of drug-likeness (QED) is 0.556. The minimum Gasteiger partial charge on any atom is -0.465 e. The van der Waals surface area contributed by atoms with Gasteiger partial charge in [-0.15, -0.1) is 0 Å². The molecule has 1 aromatic heterocycles. The summed E-state index contributed by atoms with van der Waals surface area (Å²) < 4.78 is 34.6. The van der Waals surface area contributed by atoms with Crippen molar-refractivity contribution < 1.29 is 22.7 Å². The predicted molar refractivity (Wildman–Crippen MR) is 142 cm³/mol. The molecule has 2 aromatic rings. The largest absolute Gasteiger partial charge is 0.465 e. The molecule has 0 unspecified atom stereocenters. The van der Waals surface area contributed by atoms with Gasteiger partial charge in [0.2, 0.25) is 10.0 Å². The van der Waals surface area contributed by atoms with E-state index >= 15 is 0 Å². The highest BCUT2D eigenvalue weighted by Gasteiger charge is 2.48. The number of hydrogen-bond donors (Lipinski definition) is 1. The van der Waals surface area contributed by atoms with Crippen LogP contribution in [0.1, 0.15) is 57.4 Å². The second-order valence-electron chi connectivity index (χ2n) is 10.1. The third-order valence-corrected chi connectivity index (χ3v) is 9.34. The maximum atomic E-state index is 13.2. The maximum absolute atomic E-state index is 13.2. The molecule has 5 rings (SSSR count). The molecule has 1 N–H and O–H groups in total. The number of piperidine rings is 1. The molecule has 0 radical (unpaired) electrons. The molecule has 198 valence electrons. The van der Waals surface area contributed by atoms with Crippen molar-refractivity contribution in [1.82, 2.24) is 14.2 Å². The third-order valence-electron chi connectivity index (χ3n) is 7.77. The molecule has 1 aromatic carbocycles. The van der Waals surface area contributed by atoms with E-state index in [0.29, 0.717) is 25.4 Å². The van der Waals surface area contributed by atoms with Crippen molar-refractivity contribution in [2.24, 2.45) is 10.9 Å². The van der Waals surface area contributed by atoms with E-state index in [9.17, 15) is 18.0 Å². The number of carbonyl (C=O) groups is 2. The van der Waals surface area contributed by atoms with Crippen molar-refractivity contribution in [2.45, 2.75) is 64.0 Å². The van der Waals surface area contributed by atoms with Crippen LogP contribution in [0.25, 0.3) is 17.0 Å². The molecule has 37 heavy (non-hydrogen) atoms. The minimum absolute atomic E-state index is 0.0836. The highest BCUT2D eigenvalue weighted by Crippen LogP contribution is 2.35. The number of ether oxygens (including phenoxy) is 1. The van der Waals surface area contributed by atoms with Gasteiger partial charge in [0.15, 0.2) is 0 Å². The van der Waals surface area contributed by atoms with E-state index < -0.39 is 15.6 Å². The van der Waals surface area contributed by atoms with Crippen molar-refractivity contribution in [3.05, 3.63) is 41.4 Å². The first kappa shape index (κ1) is 25.7. The number of sulfonamides is 1. The summed E-state index contributed by atoms with van der Waals surface area (Å²) in [5.74, 6) is 0.720. The summed E-state index contributed by atoms with van der Waals surface area (Å²) in [4.78, 5) is 29.6. The highest BCUT2D eigenvalue weighted by molar-refractivity contribution is 7.92. The van der Waals surface area contributed by atoms with Gasteiger partial charge in [0.25, 0.3) is 5.91 Å². The highest BCUT2D eigenvalue weighted by atomic mass is 32.2. The van der Waals surface area contributed by atoms with Gasteiger partial charge in [-0.1, -0.05) is 31.4 Å². The van der Waals surface area contributed by atoms with E-state index in [4.69, 9.17) is 9.73 Å². The van der Waals surface area contributed by atoms with Crippen LogP contribution in [0.15, 0.2) is 40.9 Å². The molecule has 3 heterocycles. The number of fused-ring (bicyclic) bond motifs is 1. The van der Waals surface area contributed by atoms with Gasteiger partial charge in [-0.3, -0.25) is 14.6 Å². The Balaban J connectivity index is 1.27.